The van der Waals surface area contributed by atoms with Gasteiger partial charge in [-0.2, -0.15) is 24.4 Å². The molecule has 12 heteroatoms. The van der Waals surface area contributed by atoms with E-state index in [1.54, 1.807) is 0 Å². The summed E-state index contributed by atoms with van der Waals surface area (Å²) in [6.07, 6.45) is 1.03. The zero-order valence-corrected chi connectivity index (χ0v) is 17.2. The molecule has 3 amide bonds. The Bertz CT molecular complexity index is 534. The quantitative estimate of drug-likeness (QED) is 0.175. The molecule has 0 aromatic heterocycles. The molecule has 0 aliphatic rings. The summed E-state index contributed by atoms with van der Waals surface area (Å²) in [5, 5.41) is 25.5. The monoisotopic (exact) mass is 424 g/mol. The minimum atomic E-state index is -1.24. The summed E-state index contributed by atoms with van der Waals surface area (Å²) in [5.74, 6) is -2.79. The highest BCUT2D eigenvalue weighted by atomic mass is 32.2. The van der Waals surface area contributed by atoms with Crippen molar-refractivity contribution >= 4 is 48.1 Å². The van der Waals surface area contributed by atoms with Gasteiger partial charge in [-0.25, -0.2) is 4.79 Å². The van der Waals surface area contributed by atoms with Crippen molar-refractivity contribution in [3.05, 3.63) is 0 Å². The first-order valence-electron chi connectivity index (χ1n) is 8.22. The number of aliphatic carboxylic acids is 1. The number of amides is 3. The van der Waals surface area contributed by atoms with Crippen molar-refractivity contribution in [3.63, 3.8) is 0 Å². The van der Waals surface area contributed by atoms with Crippen molar-refractivity contribution < 1.29 is 29.4 Å². The summed E-state index contributed by atoms with van der Waals surface area (Å²) >= 11 is 5.31. The zero-order chi connectivity index (χ0) is 21.1. The van der Waals surface area contributed by atoms with Crippen molar-refractivity contribution in [3.8, 4) is 0 Å². The number of thioether (sulfide) groups is 1. The summed E-state index contributed by atoms with van der Waals surface area (Å²) in [6, 6.07) is -4.36. The molecule has 0 fully saturated rings. The van der Waals surface area contributed by atoms with Gasteiger partial charge >= 0.3 is 5.97 Å². The third-order valence-corrected chi connectivity index (χ3v) is 4.62. The van der Waals surface area contributed by atoms with Crippen LogP contribution < -0.4 is 21.7 Å². The van der Waals surface area contributed by atoms with Crippen LogP contribution in [0.5, 0.6) is 0 Å². The number of rotatable bonds is 12. The molecular weight excluding hydrogens is 396 g/mol. The van der Waals surface area contributed by atoms with Crippen molar-refractivity contribution in [2.24, 2.45) is 5.73 Å². The molecule has 0 aliphatic heterocycles. The van der Waals surface area contributed by atoms with E-state index in [1.807, 2.05) is 6.26 Å². The molecule has 0 heterocycles. The average molecular weight is 425 g/mol. The second kappa shape index (κ2) is 12.8. The Balaban J connectivity index is 4.94. The second-order valence-electron chi connectivity index (χ2n) is 5.92. The molecule has 7 N–H and O–H groups in total. The van der Waals surface area contributed by atoms with Crippen LogP contribution in [0.2, 0.25) is 0 Å². The van der Waals surface area contributed by atoms with Gasteiger partial charge in [-0.15, -0.1) is 0 Å². The lowest BCUT2D eigenvalue weighted by molar-refractivity contribution is -0.141. The predicted molar refractivity (Wildman–Crippen MR) is 106 cm³/mol. The average Bonchev–Trinajstić information content (AvgIpc) is 2.61. The Labute approximate surface area is 167 Å². The van der Waals surface area contributed by atoms with Gasteiger partial charge in [0.2, 0.25) is 17.7 Å². The summed E-state index contributed by atoms with van der Waals surface area (Å²) in [4.78, 5) is 47.4. The Morgan fingerprint density at radius 2 is 1.59 bits per heavy atom. The number of aliphatic hydroxyl groups is 1. The van der Waals surface area contributed by atoms with Crippen LogP contribution in [-0.2, 0) is 19.2 Å². The van der Waals surface area contributed by atoms with E-state index in [0.29, 0.717) is 5.75 Å². The van der Waals surface area contributed by atoms with Gasteiger partial charge < -0.3 is 31.9 Å². The van der Waals surface area contributed by atoms with E-state index in [4.69, 9.17) is 10.8 Å². The van der Waals surface area contributed by atoms with Crippen LogP contribution in [-0.4, -0.2) is 81.9 Å². The highest BCUT2D eigenvalue weighted by Crippen LogP contribution is 2.03. The molecule has 156 valence electrons. The number of carboxylic acids is 1. The molecule has 0 bridgehead atoms. The molecule has 0 radical (unpaired) electrons. The molecule has 0 aliphatic carbocycles. The molecule has 0 aromatic carbocycles. The lowest BCUT2D eigenvalue weighted by Crippen LogP contribution is -2.57. The molecule has 0 aromatic rings. The van der Waals surface area contributed by atoms with Crippen LogP contribution in [0.1, 0.15) is 20.3 Å². The number of hydrogen-bond acceptors (Lipinski definition) is 8. The van der Waals surface area contributed by atoms with E-state index in [2.05, 4.69) is 28.6 Å². The maximum Gasteiger partial charge on any atom is 0.327 e. The molecule has 27 heavy (non-hydrogen) atoms. The van der Waals surface area contributed by atoms with E-state index in [-0.39, 0.29) is 12.2 Å². The van der Waals surface area contributed by atoms with Crippen LogP contribution in [0, 0.1) is 0 Å². The molecule has 5 atom stereocenters. The van der Waals surface area contributed by atoms with Crippen LogP contribution in [0.3, 0.4) is 0 Å². The standard InChI is InChI=1S/C15H28N4O6S2/c1-7(12(21)19-10(6-26)15(24)25)17-13(22)9(4-5-27-3)18-14(23)11(16)8(2)20/h7-11,20,26H,4-6,16H2,1-3H3,(H,17,22)(H,18,23)(H,19,21)(H,24,25). The first kappa shape index (κ1) is 25.5. The Morgan fingerprint density at radius 1 is 1.04 bits per heavy atom. The maximum absolute atomic E-state index is 12.4. The van der Waals surface area contributed by atoms with Crippen molar-refractivity contribution in [1.29, 1.82) is 0 Å². The number of carbonyl (C=O) groups is 4. The lowest BCUT2D eigenvalue weighted by Gasteiger charge is -2.23. The normalized spacial score (nSPS) is 16.4. The third kappa shape index (κ3) is 9.31. The Morgan fingerprint density at radius 3 is 2.04 bits per heavy atom. The summed E-state index contributed by atoms with van der Waals surface area (Å²) in [6.45, 7) is 2.74. The summed E-state index contributed by atoms with van der Waals surface area (Å²) < 4.78 is 0. The van der Waals surface area contributed by atoms with Crippen LogP contribution >= 0.6 is 24.4 Å². The third-order valence-electron chi connectivity index (χ3n) is 3.62. The lowest BCUT2D eigenvalue weighted by atomic mass is 10.1. The number of hydrogen-bond donors (Lipinski definition) is 7. The molecule has 0 saturated heterocycles. The number of nitrogens with one attached hydrogen (secondary N) is 3. The maximum atomic E-state index is 12.4. The highest BCUT2D eigenvalue weighted by Gasteiger charge is 2.28. The molecule has 10 nitrogen and oxygen atoms in total. The largest absolute Gasteiger partial charge is 0.480 e. The molecule has 5 unspecified atom stereocenters. The van der Waals surface area contributed by atoms with Crippen molar-refractivity contribution in [2.75, 3.05) is 17.8 Å². The van der Waals surface area contributed by atoms with Gasteiger partial charge in [-0.1, -0.05) is 0 Å². The van der Waals surface area contributed by atoms with E-state index in [1.165, 1.54) is 25.6 Å². The van der Waals surface area contributed by atoms with Gasteiger partial charge in [0, 0.05) is 5.75 Å². The van der Waals surface area contributed by atoms with Crippen LogP contribution in [0.25, 0.3) is 0 Å². The van der Waals surface area contributed by atoms with Gasteiger partial charge in [-0.3, -0.25) is 14.4 Å². The minimum absolute atomic E-state index is 0.106. The fourth-order valence-electron chi connectivity index (χ4n) is 1.85. The van der Waals surface area contributed by atoms with E-state index < -0.39 is 54.0 Å². The second-order valence-corrected chi connectivity index (χ2v) is 7.27. The Hall–Kier alpha value is -1.50. The zero-order valence-electron chi connectivity index (χ0n) is 15.5. The van der Waals surface area contributed by atoms with Gasteiger partial charge in [0.1, 0.15) is 24.2 Å². The van der Waals surface area contributed by atoms with Crippen molar-refractivity contribution in [2.45, 2.75) is 50.5 Å². The number of carboxylic acid groups (broad SMARTS) is 1. The number of carbonyl (C=O) groups excluding carboxylic acids is 3. The van der Waals surface area contributed by atoms with Gasteiger partial charge in [0.05, 0.1) is 6.10 Å². The fraction of sp³-hybridized carbons (Fsp3) is 0.733. The molecular formula is C15H28N4O6S2. The topological polar surface area (TPSA) is 171 Å². The van der Waals surface area contributed by atoms with Crippen LogP contribution in [0.4, 0.5) is 0 Å². The first-order chi connectivity index (χ1) is 12.5. The molecule has 0 saturated carbocycles. The number of aliphatic hydroxyl groups excluding tert-OH is 1. The highest BCUT2D eigenvalue weighted by molar-refractivity contribution is 7.98. The number of nitrogens with two attached hydrogens (primary N) is 1. The SMILES string of the molecule is CSCCC(NC(=O)C(N)C(C)O)C(=O)NC(C)C(=O)NC(CS)C(=O)O. The Kier molecular flexibility index (Phi) is 12.1. The molecule has 0 spiro atoms. The minimum Gasteiger partial charge on any atom is -0.480 e. The van der Waals surface area contributed by atoms with Crippen molar-refractivity contribution in [1.82, 2.24) is 16.0 Å². The summed E-state index contributed by atoms with van der Waals surface area (Å²) in [5.41, 5.74) is 5.56. The van der Waals surface area contributed by atoms with Gasteiger partial charge in [-0.05, 0) is 32.3 Å². The van der Waals surface area contributed by atoms with E-state index in [9.17, 15) is 24.3 Å². The predicted octanol–water partition coefficient (Wildman–Crippen LogP) is -2.06. The smallest absolute Gasteiger partial charge is 0.327 e. The summed E-state index contributed by atoms with van der Waals surface area (Å²) in [7, 11) is 0. The van der Waals surface area contributed by atoms with E-state index >= 15 is 0 Å². The van der Waals surface area contributed by atoms with Crippen LogP contribution in [0.15, 0.2) is 0 Å². The number of thiol groups is 1. The molecule has 0 rings (SSSR count). The fourth-order valence-corrected chi connectivity index (χ4v) is 2.57. The van der Waals surface area contributed by atoms with Gasteiger partial charge in [0.15, 0.2) is 0 Å². The first-order valence-corrected chi connectivity index (χ1v) is 10.2. The van der Waals surface area contributed by atoms with Gasteiger partial charge in [0.25, 0.3) is 0 Å². The van der Waals surface area contributed by atoms with E-state index in [0.717, 1.165) is 0 Å².